The van der Waals surface area contributed by atoms with E-state index in [1.54, 1.807) is 6.08 Å². The number of anilines is 1. The highest BCUT2D eigenvalue weighted by molar-refractivity contribution is 6.29. The van der Waals surface area contributed by atoms with Gasteiger partial charge in [0.2, 0.25) is 0 Å². The zero-order chi connectivity index (χ0) is 31.4. The number of unbranched alkanes of at least 4 members (excludes halogenated alkanes) is 10. The van der Waals surface area contributed by atoms with Crippen molar-refractivity contribution in [1.82, 2.24) is 5.17 Å². The third-order valence-electron chi connectivity index (χ3n) is 7.51. The zero-order valence-electron chi connectivity index (χ0n) is 26.4. The summed E-state index contributed by atoms with van der Waals surface area (Å²) >= 11 is 0. The first kappa shape index (κ1) is 34.3. The average molecular weight is 598 g/mol. The van der Waals surface area contributed by atoms with Crippen molar-refractivity contribution in [2.24, 2.45) is 10.1 Å². The maximum atomic E-state index is 12.5. The molecule has 3 rings (SSSR count). The summed E-state index contributed by atoms with van der Waals surface area (Å²) in [5, 5.41) is 4.43. The van der Waals surface area contributed by atoms with E-state index in [1.807, 2.05) is 30.5 Å². The second-order valence-electron chi connectivity index (χ2n) is 11.0. The van der Waals surface area contributed by atoms with Gasteiger partial charge < -0.3 is 14.6 Å². The van der Waals surface area contributed by atoms with Crippen LogP contribution in [-0.2, 0) is 14.7 Å². The van der Waals surface area contributed by atoms with E-state index in [-0.39, 0.29) is 11.4 Å². The first-order chi connectivity index (χ1) is 21.6. The highest BCUT2D eigenvalue weighted by atomic mass is 17.3. The number of amidine groups is 1. The van der Waals surface area contributed by atoms with Gasteiger partial charge in [-0.05, 0) is 53.2 Å². The summed E-state index contributed by atoms with van der Waals surface area (Å²) in [6.45, 7) is 17.4. The van der Waals surface area contributed by atoms with Crippen LogP contribution < -0.4 is 4.90 Å². The van der Waals surface area contributed by atoms with Crippen LogP contribution in [0.5, 0.6) is 0 Å². The second kappa shape index (κ2) is 19.9. The molecule has 8 heteroatoms. The second-order valence-corrected chi connectivity index (χ2v) is 11.0. The van der Waals surface area contributed by atoms with E-state index in [1.165, 1.54) is 82.7 Å². The molecule has 0 spiro atoms. The van der Waals surface area contributed by atoms with Crippen LogP contribution in [0.3, 0.4) is 0 Å². The highest BCUT2D eigenvalue weighted by Gasteiger charge is 2.35. The summed E-state index contributed by atoms with van der Waals surface area (Å²) in [6.07, 6.45) is 20.2. The summed E-state index contributed by atoms with van der Waals surface area (Å²) in [7, 11) is 0. The molecule has 1 aliphatic rings. The van der Waals surface area contributed by atoms with Crippen molar-refractivity contribution < 1.29 is 14.7 Å². The minimum Gasteiger partial charge on any atom is -0.372 e. The fourth-order valence-electron chi connectivity index (χ4n) is 4.99. The van der Waals surface area contributed by atoms with Gasteiger partial charge >= 0.3 is 11.7 Å². The van der Waals surface area contributed by atoms with Crippen LogP contribution >= 0.6 is 0 Å². The van der Waals surface area contributed by atoms with Crippen molar-refractivity contribution >= 4 is 35.4 Å². The van der Waals surface area contributed by atoms with Crippen LogP contribution in [0.15, 0.2) is 77.0 Å². The first-order valence-corrected chi connectivity index (χ1v) is 16.1. The Bertz CT molecular complexity index is 1280. The number of rotatable bonds is 21. The Morgan fingerprint density at radius 1 is 0.864 bits per heavy atom. The van der Waals surface area contributed by atoms with E-state index < -0.39 is 5.91 Å². The van der Waals surface area contributed by atoms with E-state index in [4.69, 9.17) is 11.6 Å². The predicted octanol–water partition coefficient (Wildman–Crippen LogP) is 9.43. The topological polar surface area (TPSA) is 71.1 Å². The Balaban J connectivity index is 1.59. The number of amides is 1. The monoisotopic (exact) mass is 597 g/mol. The average Bonchev–Trinajstić information content (AvgIpc) is 3.35. The summed E-state index contributed by atoms with van der Waals surface area (Å²) in [5.74, 6) is -0.674. The van der Waals surface area contributed by atoms with Crippen LogP contribution in [0.1, 0.15) is 102 Å². The fraction of sp³-hybridized carbons (Fsp3) is 0.444. The van der Waals surface area contributed by atoms with E-state index in [0.29, 0.717) is 5.17 Å². The Hall–Kier alpha value is -4.22. The van der Waals surface area contributed by atoms with E-state index >= 15 is 0 Å². The zero-order valence-corrected chi connectivity index (χ0v) is 26.4. The molecule has 8 nitrogen and oxygen atoms in total. The molecule has 2 aromatic carbocycles. The van der Waals surface area contributed by atoms with Crippen molar-refractivity contribution in [3.63, 3.8) is 0 Å². The highest BCUT2D eigenvalue weighted by Crippen LogP contribution is 2.22. The van der Waals surface area contributed by atoms with Crippen LogP contribution in [0.25, 0.3) is 10.9 Å². The molecule has 0 atom stereocenters. The molecule has 0 aromatic heterocycles. The number of aliphatic imine (C=N–C) groups is 1. The van der Waals surface area contributed by atoms with Crippen LogP contribution in [0.4, 0.5) is 11.4 Å². The number of hydrogen-bond acceptors (Lipinski definition) is 6. The molecule has 1 heterocycles. The number of carbonyl (C=O) groups is 1. The predicted molar refractivity (Wildman–Crippen MR) is 180 cm³/mol. The summed E-state index contributed by atoms with van der Waals surface area (Å²) in [5.41, 5.74) is 3.95. The molecule has 0 saturated heterocycles. The largest absolute Gasteiger partial charge is 0.372 e. The smallest absolute Gasteiger partial charge is 0.316 e. The minimum atomic E-state index is -0.596. The van der Waals surface area contributed by atoms with E-state index in [9.17, 15) is 4.79 Å². The molecule has 0 radical (unpaired) electrons. The number of carbonyl (C=O) groups excluding carboxylic acids is 1. The molecule has 0 N–H and O–H groups in total. The lowest BCUT2D eigenvalue weighted by Gasteiger charge is -2.25. The lowest BCUT2D eigenvalue weighted by molar-refractivity contribution is -0.378. The van der Waals surface area contributed by atoms with E-state index in [0.717, 1.165) is 36.2 Å². The van der Waals surface area contributed by atoms with Gasteiger partial charge in [0.05, 0.1) is 11.3 Å². The van der Waals surface area contributed by atoms with Crippen molar-refractivity contribution in [2.45, 2.75) is 90.9 Å². The SMILES string of the molecule is [C-]#[N+]C1=NN(OOC=C)C(=O)C1=Cc1ccc(N=Cc2ccc(N(CCCCCCCC)CCCCCCCC)cc2)cc1. The minimum absolute atomic E-state index is 0.0780. The Labute approximate surface area is 263 Å². The molecular weight excluding hydrogens is 550 g/mol. The van der Waals surface area contributed by atoms with Gasteiger partial charge in [0.25, 0.3) is 0 Å². The fourth-order valence-corrected chi connectivity index (χ4v) is 4.99. The Kier molecular flexibility index (Phi) is 15.5. The van der Waals surface area contributed by atoms with Gasteiger partial charge in [-0.2, -0.15) is 0 Å². The van der Waals surface area contributed by atoms with Crippen molar-refractivity contribution in [1.29, 1.82) is 0 Å². The number of hydrogen-bond donors (Lipinski definition) is 0. The quantitative estimate of drug-likeness (QED) is 0.0273. The Morgan fingerprint density at radius 2 is 1.43 bits per heavy atom. The first-order valence-electron chi connectivity index (χ1n) is 16.1. The van der Waals surface area contributed by atoms with Crippen molar-refractivity contribution in [3.8, 4) is 0 Å². The van der Waals surface area contributed by atoms with Gasteiger partial charge in [-0.25, -0.2) is 0 Å². The molecular formula is C36H47N5O3. The molecule has 1 amide bonds. The van der Waals surface area contributed by atoms with Crippen molar-refractivity contribution in [2.75, 3.05) is 18.0 Å². The molecule has 0 unspecified atom stereocenters. The number of benzene rings is 2. The third-order valence-corrected chi connectivity index (χ3v) is 7.51. The third kappa shape index (κ3) is 11.5. The molecule has 0 aliphatic carbocycles. The van der Waals surface area contributed by atoms with Gasteiger partial charge in [0.15, 0.2) is 0 Å². The normalized spacial score (nSPS) is 13.8. The van der Waals surface area contributed by atoms with E-state index in [2.05, 4.69) is 69.4 Å². The molecule has 0 saturated carbocycles. The van der Waals surface area contributed by atoms with Gasteiger partial charge in [0.1, 0.15) is 6.26 Å². The van der Waals surface area contributed by atoms with Crippen LogP contribution in [0, 0.1) is 6.57 Å². The van der Waals surface area contributed by atoms with Gasteiger partial charge in [-0.3, -0.25) is 9.79 Å². The summed E-state index contributed by atoms with van der Waals surface area (Å²) in [4.78, 5) is 32.3. The van der Waals surface area contributed by atoms with Gasteiger partial charge in [0, 0.05) is 35.3 Å². The molecule has 44 heavy (non-hydrogen) atoms. The molecule has 1 aliphatic heterocycles. The molecule has 234 valence electrons. The van der Waals surface area contributed by atoms with Crippen molar-refractivity contribution in [3.05, 3.63) is 89.5 Å². The summed E-state index contributed by atoms with van der Waals surface area (Å²) < 4.78 is 0. The molecule has 0 bridgehead atoms. The number of hydroxylamine groups is 1. The number of hydrazone groups is 1. The molecule has 2 aromatic rings. The standard InChI is InChI=1S/C36H47N5O3/c1-5-8-10-12-14-16-26-40(27-17-15-13-11-9-6-2)33-24-20-31(21-25-33)29-38-32-22-18-30(19-23-32)28-34-35(37-4)39-41(36(34)42)44-43-7-3/h7,18-25,28-29H,3,5-6,8-17,26-27H2,1-2H3. The maximum Gasteiger partial charge on any atom is 0.316 e. The van der Waals surface area contributed by atoms with Crippen LogP contribution in [0.2, 0.25) is 0 Å². The van der Waals surface area contributed by atoms with Gasteiger partial charge in [-0.15, -0.1) is 0 Å². The maximum absolute atomic E-state index is 12.5. The molecule has 0 fully saturated rings. The van der Waals surface area contributed by atoms with Gasteiger partial charge in [-0.1, -0.05) is 122 Å². The summed E-state index contributed by atoms with van der Waals surface area (Å²) in [6, 6.07) is 16.1. The Morgan fingerprint density at radius 3 is 2.00 bits per heavy atom. The lowest BCUT2D eigenvalue weighted by atomic mass is 10.1. The van der Waals surface area contributed by atoms with Crippen LogP contribution in [-0.4, -0.2) is 36.2 Å². The lowest BCUT2D eigenvalue weighted by Crippen LogP contribution is -2.25. The number of nitrogens with zero attached hydrogens (tertiary/aromatic N) is 5.